The number of Topliss-reactive ketones (excluding diaryl/α,β-unsaturated/α-hetero) is 2. The minimum absolute atomic E-state index is 0.0699. The molecule has 0 spiro atoms. The summed E-state index contributed by atoms with van der Waals surface area (Å²) in [5.74, 6) is -1.97. The Morgan fingerprint density at radius 2 is 1.87 bits per heavy atom. The first-order valence-corrected chi connectivity index (χ1v) is 10.2. The number of hydrogen-bond donors (Lipinski definition) is 1. The van der Waals surface area contributed by atoms with Crippen LogP contribution in [-0.4, -0.2) is 49.9 Å². The van der Waals surface area contributed by atoms with Crippen molar-refractivity contribution in [3.63, 3.8) is 0 Å². The quantitative estimate of drug-likeness (QED) is 0.426. The zero-order chi connectivity index (χ0) is 23.0. The molecule has 31 heavy (non-hydrogen) atoms. The number of nitrogens with zero attached hydrogens (tertiary/aromatic N) is 4. The summed E-state index contributed by atoms with van der Waals surface area (Å²) >= 11 is 0. The van der Waals surface area contributed by atoms with E-state index >= 15 is 0 Å². The number of nitriles is 1. The van der Waals surface area contributed by atoms with Gasteiger partial charge in [0.05, 0.1) is 0 Å². The second-order valence-electron chi connectivity index (χ2n) is 7.54. The molecule has 9 nitrogen and oxygen atoms in total. The van der Waals surface area contributed by atoms with Crippen LogP contribution < -0.4 is 0 Å². The molecule has 1 amide bonds. The molecule has 164 valence electrons. The minimum atomic E-state index is -1.35. The van der Waals surface area contributed by atoms with E-state index in [2.05, 4.69) is 10.2 Å². The zero-order valence-electron chi connectivity index (χ0n) is 17.8. The van der Waals surface area contributed by atoms with Gasteiger partial charge in [0, 0.05) is 18.0 Å². The predicted molar refractivity (Wildman–Crippen MR) is 111 cm³/mol. The molecule has 0 saturated heterocycles. The van der Waals surface area contributed by atoms with E-state index in [-0.39, 0.29) is 24.7 Å². The maximum absolute atomic E-state index is 12.6. The number of rotatable bonds is 11. The van der Waals surface area contributed by atoms with E-state index in [4.69, 9.17) is 9.68 Å². The van der Waals surface area contributed by atoms with E-state index in [0.717, 1.165) is 10.5 Å². The number of amides is 1. The first-order chi connectivity index (χ1) is 14.8. The smallest absolute Gasteiger partial charge is 0.408 e. The summed E-state index contributed by atoms with van der Waals surface area (Å²) < 4.78 is 5.72. The van der Waals surface area contributed by atoms with Crippen LogP contribution in [0.15, 0.2) is 34.7 Å². The SMILES string of the molecule is CCCC[C@@H](C(=O)C(=O)C#N)N(C(=O)O)C(Cc1nnc(-c2ccccc2)o1)C(C)C. The van der Waals surface area contributed by atoms with Crippen LogP contribution in [0.5, 0.6) is 0 Å². The number of ketones is 2. The molecule has 0 radical (unpaired) electrons. The fourth-order valence-corrected chi connectivity index (χ4v) is 3.37. The van der Waals surface area contributed by atoms with Gasteiger partial charge >= 0.3 is 6.09 Å². The van der Waals surface area contributed by atoms with Crippen LogP contribution in [0.2, 0.25) is 0 Å². The summed E-state index contributed by atoms with van der Waals surface area (Å²) in [7, 11) is 0. The van der Waals surface area contributed by atoms with Gasteiger partial charge in [-0.1, -0.05) is 51.8 Å². The van der Waals surface area contributed by atoms with Crippen molar-refractivity contribution in [1.29, 1.82) is 5.26 Å². The molecular formula is C22H26N4O5. The molecular weight excluding hydrogens is 400 g/mol. The maximum Gasteiger partial charge on any atom is 0.408 e. The molecule has 0 aliphatic heterocycles. The number of carboxylic acid groups (broad SMARTS) is 1. The molecule has 1 aromatic heterocycles. The molecule has 0 saturated carbocycles. The highest BCUT2D eigenvalue weighted by atomic mass is 16.4. The minimum Gasteiger partial charge on any atom is -0.465 e. The Balaban J connectivity index is 2.36. The van der Waals surface area contributed by atoms with Crippen molar-refractivity contribution in [1.82, 2.24) is 15.1 Å². The van der Waals surface area contributed by atoms with E-state index in [1.54, 1.807) is 0 Å². The number of aromatic nitrogens is 2. The number of carbonyl (C=O) groups is 3. The number of benzene rings is 1. The Kier molecular flexibility index (Phi) is 8.43. The molecule has 1 aromatic carbocycles. The lowest BCUT2D eigenvalue weighted by Crippen LogP contribution is -2.54. The molecule has 2 rings (SSSR count). The van der Waals surface area contributed by atoms with Gasteiger partial charge in [0.15, 0.2) is 0 Å². The van der Waals surface area contributed by atoms with E-state index in [1.807, 2.05) is 51.1 Å². The van der Waals surface area contributed by atoms with Gasteiger partial charge in [-0.2, -0.15) is 5.26 Å². The van der Waals surface area contributed by atoms with Crippen molar-refractivity contribution in [2.75, 3.05) is 0 Å². The summed E-state index contributed by atoms with van der Waals surface area (Å²) in [6, 6.07) is 8.50. The van der Waals surface area contributed by atoms with Crippen molar-refractivity contribution in [3.05, 3.63) is 36.2 Å². The van der Waals surface area contributed by atoms with E-state index in [9.17, 15) is 19.5 Å². The first-order valence-electron chi connectivity index (χ1n) is 10.2. The second-order valence-corrected chi connectivity index (χ2v) is 7.54. The third-order valence-corrected chi connectivity index (χ3v) is 5.01. The first kappa shape index (κ1) is 23.7. The van der Waals surface area contributed by atoms with Gasteiger partial charge in [0.25, 0.3) is 5.78 Å². The van der Waals surface area contributed by atoms with E-state index < -0.39 is 29.7 Å². The second kappa shape index (κ2) is 11.0. The summed E-state index contributed by atoms with van der Waals surface area (Å²) in [6.07, 6.45) is 0.107. The highest BCUT2D eigenvalue weighted by Gasteiger charge is 2.39. The Hall–Kier alpha value is -3.54. The summed E-state index contributed by atoms with van der Waals surface area (Å²) in [4.78, 5) is 37.5. The maximum atomic E-state index is 12.6. The number of hydrogen-bond acceptors (Lipinski definition) is 7. The molecule has 2 aromatic rings. The predicted octanol–water partition coefficient (Wildman–Crippen LogP) is 3.50. The van der Waals surface area contributed by atoms with Crippen LogP contribution in [0.4, 0.5) is 4.79 Å². The van der Waals surface area contributed by atoms with Crippen molar-refractivity contribution in [2.45, 2.75) is 58.5 Å². The molecule has 1 unspecified atom stereocenters. The molecule has 1 N–H and O–H groups in total. The topological polar surface area (TPSA) is 137 Å². The van der Waals surface area contributed by atoms with Crippen LogP contribution in [0.3, 0.4) is 0 Å². The van der Waals surface area contributed by atoms with Crippen LogP contribution in [0.1, 0.15) is 45.9 Å². The van der Waals surface area contributed by atoms with Crippen molar-refractivity contribution in [3.8, 4) is 17.5 Å². The summed E-state index contributed by atoms with van der Waals surface area (Å²) in [6.45, 7) is 5.51. The van der Waals surface area contributed by atoms with Gasteiger partial charge in [-0.25, -0.2) is 4.79 Å². The van der Waals surface area contributed by atoms with Gasteiger partial charge in [-0.05, 0) is 24.5 Å². The van der Waals surface area contributed by atoms with Crippen LogP contribution in [0, 0.1) is 17.2 Å². The van der Waals surface area contributed by atoms with Crippen molar-refractivity contribution < 1.29 is 23.9 Å². The van der Waals surface area contributed by atoms with Gasteiger partial charge in [0.2, 0.25) is 17.6 Å². The van der Waals surface area contributed by atoms with Gasteiger partial charge in [-0.3, -0.25) is 14.5 Å². The highest BCUT2D eigenvalue weighted by Crippen LogP contribution is 2.24. The Morgan fingerprint density at radius 1 is 1.19 bits per heavy atom. The zero-order valence-corrected chi connectivity index (χ0v) is 17.8. The summed E-state index contributed by atoms with van der Waals surface area (Å²) in [5, 5.41) is 26.9. The van der Waals surface area contributed by atoms with Crippen LogP contribution >= 0.6 is 0 Å². The van der Waals surface area contributed by atoms with Gasteiger partial charge in [0.1, 0.15) is 12.1 Å². The fraction of sp³-hybridized carbons (Fsp3) is 0.455. The highest BCUT2D eigenvalue weighted by molar-refractivity contribution is 6.45. The molecule has 0 bridgehead atoms. The monoisotopic (exact) mass is 426 g/mol. The third-order valence-electron chi connectivity index (χ3n) is 5.01. The Bertz CT molecular complexity index is 948. The molecule has 9 heteroatoms. The number of unbranched alkanes of at least 4 members (excludes halogenated alkanes) is 1. The summed E-state index contributed by atoms with van der Waals surface area (Å²) in [5.41, 5.74) is 0.730. The average Bonchev–Trinajstić information content (AvgIpc) is 3.23. The molecule has 1 heterocycles. The van der Waals surface area contributed by atoms with E-state index in [0.29, 0.717) is 18.7 Å². The normalized spacial score (nSPS) is 12.7. The largest absolute Gasteiger partial charge is 0.465 e. The van der Waals surface area contributed by atoms with Crippen LogP contribution in [0.25, 0.3) is 11.5 Å². The standard InChI is InChI=1S/C22H26N4O5/c1-4-5-11-16(20(28)18(27)13-23)26(22(29)30)17(14(2)3)12-19-24-25-21(31-19)15-9-7-6-8-10-15/h6-10,14,16-17H,4-5,11-12H2,1-3H3,(H,29,30)/t16-,17?/m0/s1. The van der Waals surface area contributed by atoms with Crippen LogP contribution in [-0.2, 0) is 16.0 Å². The molecule has 0 fully saturated rings. The van der Waals surface area contributed by atoms with Gasteiger partial charge in [-0.15, -0.1) is 10.2 Å². The number of carbonyl (C=O) groups excluding carboxylic acids is 2. The third kappa shape index (κ3) is 5.98. The van der Waals surface area contributed by atoms with Crippen molar-refractivity contribution in [2.24, 2.45) is 5.92 Å². The average molecular weight is 426 g/mol. The molecule has 2 atom stereocenters. The molecule has 0 aliphatic rings. The molecule has 0 aliphatic carbocycles. The Labute approximate surface area is 180 Å². The fourth-order valence-electron chi connectivity index (χ4n) is 3.37. The Morgan fingerprint density at radius 3 is 2.42 bits per heavy atom. The lowest BCUT2D eigenvalue weighted by Gasteiger charge is -2.36. The van der Waals surface area contributed by atoms with Crippen molar-refractivity contribution >= 4 is 17.7 Å². The van der Waals surface area contributed by atoms with E-state index in [1.165, 1.54) is 6.07 Å². The van der Waals surface area contributed by atoms with Gasteiger partial charge < -0.3 is 9.52 Å². The lowest BCUT2D eigenvalue weighted by atomic mass is 9.93. The lowest BCUT2D eigenvalue weighted by molar-refractivity contribution is -0.137.